The maximum Gasteiger partial charge on any atom is 0.233 e. The Kier molecular flexibility index (Phi) is 4.39. The van der Waals surface area contributed by atoms with Crippen LogP contribution in [-0.4, -0.2) is 73.2 Å². The normalized spacial score (nSPS) is 19.5. The third-order valence-electron chi connectivity index (χ3n) is 3.29. The minimum Gasteiger partial charge on any atom is -0.475 e. The van der Waals surface area contributed by atoms with E-state index in [1.54, 1.807) is 12.4 Å². The van der Waals surface area contributed by atoms with E-state index in [9.17, 15) is 0 Å². The number of aliphatic imine (C=N–C) groups is 1. The van der Waals surface area contributed by atoms with E-state index in [1.807, 2.05) is 0 Å². The highest BCUT2D eigenvalue weighted by Crippen LogP contribution is 2.07. The number of rotatable bonds is 5. The zero-order chi connectivity index (χ0) is 13.6. The van der Waals surface area contributed by atoms with Crippen LogP contribution >= 0.6 is 0 Å². The third kappa shape index (κ3) is 3.43. The Balaban J connectivity index is 1.50. The molecule has 7 nitrogen and oxygen atoms in total. The SMILES string of the molecule is c1ncc(C2=NCCN2)nc1OCCN1CCOCC1. The first-order valence-electron chi connectivity index (χ1n) is 6.95. The second-order valence-corrected chi connectivity index (χ2v) is 4.70. The molecule has 1 aromatic rings. The van der Waals surface area contributed by atoms with Crippen LogP contribution in [0.5, 0.6) is 5.88 Å². The van der Waals surface area contributed by atoms with Crippen molar-refractivity contribution in [2.75, 3.05) is 52.5 Å². The summed E-state index contributed by atoms with van der Waals surface area (Å²) < 4.78 is 11.0. The number of ether oxygens (including phenoxy) is 2. The molecule has 0 radical (unpaired) electrons. The second kappa shape index (κ2) is 6.62. The predicted octanol–water partition coefficient (Wildman–Crippen LogP) is -0.463. The number of aromatic nitrogens is 2. The molecule has 0 unspecified atom stereocenters. The van der Waals surface area contributed by atoms with Crippen LogP contribution in [0.1, 0.15) is 5.69 Å². The zero-order valence-corrected chi connectivity index (χ0v) is 11.4. The monoisotopic (exact) mass is 277 g/mol. The lowest BCUT2D eigenvalue weighted by molar-refractivity contribution is 0.0320. The Bertz CT molecular complexity index is 474. The molecule has 2 aliphatic heterocycles. The lowest BCUT2D eigenvalue weighted by Gasteiger charge is -2.26. The van der Waals surface area contributed by atoms with Gasteiger partial charge in [-0.1, -0.05) is 0 Å². The molecule has 1 N–H and O–H groups in total. The zero-order valence-electron chi connectivity index (χ0n) is 11.4. The van der Waals surface area contributed by atoms with Crippen LogP contribution in [0, 0.1) is 0 Å². The summed E-state index contributed by atoms with van der Waals surface area (Å²) in [6.45, 7) is 6.69. The van der Waals surface area contributed by atoms with Gasteiger partial charge in [-0.25, -0.2) is 4.98 Å². The van der Waals surface area contributed by atoms with Crippen LogP contribution < -0.4 is 10.1 Å². The molecule has 1 aromatic heterocycles. The van der Waals surface area contributed by atoms with E-state index in [4.69, 9.17) is 9.47 Å². The lowest BCUT2D eigenvalue weighted by atomic mass is 10.4. The molecule has 0 saturated carbocycles. The van der Waals surface area contributed by atoms with Crippen LogP contribution in [0.15, 0.2) is 17.4 Å². The summed E-state index contributed by atoms with van der Waals surface area (Å²) in [4.78, 5) is 15.2. The van der Waals surface area contributed by atoms with E-state index in [0.717, 1.165) is 57.5 Å². The molecule has 0 aromatic carbocycles. The summed E-state index contributed by atoms with van der Waals surface area (Å²) in [6, 6.07) is 0. The van der Waals surface area contributed by atoms with Crippen LogP contribution in [0.3, 0.4) is 0 Å². The van der Waals surface area contributed by atoms with Crippen LogP contribution in [0.2, 0.25) is 0 Å². The summed E-state index contributed by atoms with van der Waals surface area (Å²) in [6.07, 6.45) is 3.34. The van der Waals surface area contributed by atoms with Crippen molar-refractivity contribution in [3.63, 3.8) is 0 Å². The molecule has 3 heterocycles. The molecule has 0 atom stereocenters. The molecule has 0 aliphatic carbocycles. The molecular formula is C13H19N5O2. The first-order valence-corrected chi connectivity index (χ1v) is 6.95. The summed E-state index contributed by atoms with van der Waals surface area (Å²) in [5.74, 6) is 1.35. The maximum absolute atomic E-state index is 5.67. The van der Waals surface area contributed by atoms with Crippen molar-refractivity contribution in [3.8, 4) is 5.88 Å². The Morgan fingerprint density at radius 3 is 3.00 bits per heavy atom. The minimum atomic E-state index is 0.548. The highest BCUT2D eigenvalue weighted by atomic mass is 16.5. The second-order valence-electron chi connectivity index (χ2n) is 4.70. The minimum absolute atomic E-state index is 0.548. The highest BCUT2D eigenvalue weighted by Gasteiger charge is 2.12. The van der Waals surface area contributed by atoms with Gasteiger partial charge < -0.3 is 14.8 Å². The van der Waals surface area contributed by atoms with Crippen molar-refractivity contribution in [1.29, 1.82) is 0 Å². The summed E-state index contributed by atoms with van der Waals surface area (Å²) in [7, 11) is 0. The van der Waals surface area contributed by atoms with Gasteiger partial charge in [0.05, 0.1) is 32.2 Å². The Labute approximate surface area is 118 Å². The Morgan fingerprint density at radius 1 is 1.30 bits per heavy atom. The number of hydrogen-bond acceptors (Lipinski definition) is 7. The summed E-state index contributed by atoms with van der Waals surface area (Å²) in [5.41, 5.74) is 0.742. The van der Waals surface area contributed by atoms with Gasteiger partial charge >= 0.3 is 0 Å². The molecule has 1 fully saturated rings. The van der Waals surface area contributed by atoms with E-state index in [2.05, 4.69) is 25.2 Å². The number of amidine groups is 1. The van der Waals surface area contributed by atoms with Gasteiger partial charge in [-0.3, -0.25) is 14.9 Å². The Morgan fingerprint density at radius 2 is 2.20 bits per heavy atom. The van der Waals surface area contributed by atoms with E-state index in [0.29, 0.717) is 12.5 Å². The molecule has 2 aliphatic rings. The van der Waals surface area contributed by atoms with Gasteiger partial charge in [0.1, 0.15) is 18.1 Å². The van der Waals surface area contributed by atoms with E-state index in [1.165, 1.54) is 0 Å². The van der Waals surface area contributed by atoms with Crippen molar-refractivity contribution in [1.82, 2.24) is 20.2 Å². The van der Waals surface area contributed by atoms with Gasteiger partial charge in [0.25, 0.3) is 0 Å². The molecule has 1 saturated heterocycles. The molecule has 0 amide bonds. The molecular weight excluding hydrogens is 258 g/mol. The summed E-state index contributed by atoms with van der Waals surface area (Å²) >= 11 is 0. The predicted molar refractivity (Wildman–Crippen MR) is 74.2 cm³/mol. The third-order valence-corrected chi connectivity index (χ3v) is 3.29. The van der Waals surface area contributed by atoms with Gasteiger partial charge in [-0.15, -0.1) is 0 Å². The molecule has 0 bridgehead atoms. The molecule has 0 spiro atoms. The molecule has 7 heteroatoms. The molecule has 108 valence electrons. The number of morpholine rings is 1. The smallest absolute Gasteiger partial charge is 0.233 e. The largest absolute Gasteiger partial charge is 0.475 e. The van der Waals surface area contributed by atoms with Crippen molar-refractivity contribution >= 4 is 5.84 Å². The van der Waals surface area contributed by atoms with Gasteiger partial charge in [0.2, 0.25) is 5.88 Å². The first-order chi connectivity index (χ1) is 9.92. The molecule has 3 rings (SSSR count). The lowest BCUT2D eigenvalue weighted by Crippen LogP contribution is -2.38. The first kappa shape index (κ1) is 13.3. The Hall–Kier alpha value is -1.73. The van der Waals surface area contributed by atoms with Gasteiger partial charge in [-0.2, -0.15) is 0 Å². The standard InChI is InChI=1S/C13H19N5O2/c1-2-16-13(15-1)11-9-14-10-12(17-11)20-8-5-18-3-6-19-7-4-18/h9-10H,1-8H2,(H,15,16). The topological polar surface area (TPSA) is 71.9 Å². The number of nitrogens with zero attached hydrogens (tertiary/aromatic N) is 4. The fourth-order valence-electron chi connectivity index (χ4n) is 2.21. The van der Waals surface area contributed by atoms with Crippen LogP contribution in [0.4, 0.5) is 0 Å². The quantitative estimate of drug-likeness (QED) is 0.785. The van der Waals surface area contributed by atoms with E-state index in [-0.39, 0.29) is 0 Å². The average molecular weight is 277 g/mol. The average Bonchev–Trinajstić information content (AvgIpc) is 3.03. The van der Waals surface area contributed by atoms with Gasteiger partial charge in [0, 0.05) is 26.2 Å². The molecule has 20 heavy (non-hydrogen) atoms. The van der Waals surface area contributed by atoms with Crippen LogP contribution in [-0.2, 0) is 4.74 Å². The number of nitrogens with one attached hydrogen (secondary N) is 1. The van der Waals surface area contributed by atoms with Crippen molar-refractivity contribution in [2.24, 2.45) is 4.99 Å². The van der Waals surface area contributed by atoms with Crippen molar-refractivity contribution < 1.29 is 9.47 Å². The van der Waals surface area contributed by atoms with Gasteiger partial charge in [0.15, 0.2) is 0 Å². The fourth-order valence-corrected chi connectivity index (χ4v) is 2.21. The van der Waals surface area contributed by atoms with Crippen molar-refractivity contribution in [2.45, 2.75) is 0 Å². The summed E-state index contributed by atoms with van der Waals surface area (Å²) in [5, 5.41) is 3.18. The maximum atomic E-state index is 5.67. The highest BCUT2D eigenvalue weighted by molar-refractivity contribution is 5.97. The van der Waals surface area contributed by atoms with Crippen molar-refractivity contribution in [3.05, 3.63) is 18.1 Å². The van der Waals surface area contributed by atoms with E-state index < -0.39 is 0 Å². The van der Waals surface area contributed by atoms with Crippen LogP contribution in [0.25, 0.3) is 0 Å². The van der Waals surface area contributed by atoms with Gasteiger partial charge in [-0.05, 0) is 0 Å². The number of hydrogen-bond donors (Lipinski definition) is 1. The van der Waals surface area contributed by atoms with E-state index >= 15 is 0 Å². The fraction of sp³-hybridized carbons (Fsp3) is 0.615.